The fraction of sp³-hybridized carbons (Fsp3) is 0.533. The van der Waals surface area contributed by atoms with Crippen molar-refractivity contribution >= 4 is 17.9 Å². The average molecular weight is 309 g/mol. The summed E-state index contributed by atoms with van der Waals surface area (Å²) in [6, 6.07) is 3.34. The molecular weight excluding hydrogens is 286 g/mol. The van der Waals surface area contributed by atoms with Crippen molar-refractivity contribution < 1.29 is 19.1 Å². The summed E-state index contributed by atoms with van der Waals surface area (Å²) < 4.78 is 9.78. The Morgan fingerprint density at radius 3 is 2.45 bits per heavy atom. The lowest BCUT2D eigenvalue weighted by molar-refractivity contribution is 0.0528. The van der Waals surface area contributed by atoms with E-state index in [-0.39, 0.29) is 0 Å². The minimum Gasteiger partial charge on any atom is -0.465 e. The maximum absolute atomic E-state index is 11.5. The number of alkyl carbamates (subject to hydrolysis) is 1. The van der Waals surface area contributed by atoms with Gasteiger partial charge in [0.2, 0.25) is 0 Å². The van der Waals surface area contributed by atoms with Crippen molar-refractivity contribution in [1.82, 2.24) is 10.3 Å². The summed E-state index contributed by atoms with van der Waals surface area (Å²) in [6.07, 6.45) is -0.459. The third-order valence-electron chi connectivity index (χ3n) is 2.59. The Labute approximate surface area is 130 Å². The lowest BCUT2D eigenvalue weighted by Gasteiger charge is -2.19. The van der Waals surface area contributed by atoms with Crippen molar-refractivity contribution in [3.05, 3.63) is 23.4 Å². The van der Waals surface area contributed by atoms with E-state index in [1.807, 2.05) is 0 Å². The zero-order chi connectivity index (χ0) is 16.8. The molecule has 2 N–H and O–H groups in total. The number of amides is 1. The molecule has 1 amide bonds. The molecule has 0 saturated carbocycles. The number of carbonyl (C=O) groups is 2. The third-order valence-corrected chi connectivity index (χ3v) is 2.59. The number of nitrogens with zero attached hydrogens (tertiary/aromatic N) is 1. The molecule has 0 radical (unpaired) electrons. The van der Waals surface area contributed by atoms with Gasteiger partial charge in [0, 0.05) is 13.1 Å². The van der Waals surface area contributed by atoms with Crippen LogP contribution in [0.2, 0.25) is 0 Å². The second-order valence-electron chi connectivity index (χ2n) is 5.68. The summed E-state index contributed by atoms with van der Waals surface area (Å²) in [4.78, 5) is 27.2. The van der Waals surface area contributed by atoms with Gasteiger partial charge in [-0.1, -0.05) is 0 Å². The molecule has 0 bridgehead atoms. The normalized spacial score (nSPS) is 10.8. The summed E-state index contributed by atoms with van der Waals surface area (Å²) in [6.45, 7) is 8.04. The van der Waals surface area contributed by atoms with Crippen molar-refractivity contribution in [2.75, 3.05) is 25.5 Å². The van der Waals surface area contributed by atoms with Gasteiger partial charge in [0.1, 0.15) is 11.4 Å². The highest BCUT2D eigenvalue weighted by atomic mass is 16.6. The molecule has 1 aromatic rings. The Morgan fingerprint density at radius 1 is 1.23 bits per heavy atom. The first-order valence-electron chi connectivity index (χ1n) is 6.99. The van der Waals surface area contributed by atoms with Crippen LogP contribution < -0.4 is 10.6 Å². The van der Waals surface area contributed by atoms with Crippen LogP contribution in [0.5, 0.6) is 0 Å². The number of methoxy groups -OCH3 is 1. The number of hydrogen-bond acceptors (Lipinski definition) is 6. The summed E-state index contributed by atoms with van der Waals surface area (Å²) >= 11 is 0. The van der Waals surface area contributed by atoms with E-state index in [4.69, 9.17) is 4.74 Å². The van der Waals surface area contributed by atoms with Crippen molar-refractivity contribution in [2.24, 2.45) is 0 Å². The van der Waals surface area contributed by atoms with Crippen LogP contribution in [-0.2, 0) is 9.47 Å². The Kier molecular flexibility index (Phi) is 6.15. The molecular formula is C15H23N3O4. The summed E-state index contributed by atoms with van der Waals surface area (Å²) in [5.41, 5.74) is 0.497. The van der Waals surface area contributed by atoms with Crippen LogP contribution >= 0.6 is 0 Å². The zero-order valence-electron chi connectivity index (χ0n) is 13.6. The molecule has 7 heteroatoms. The smallest absolute Gasteiger partial charge is 0.407 e. The Bertz CT molecular complexity index is 538. The number of esters is 1. The molecule has 0 aliphatic heterocycles. The number of anilines is 1. The van der Waals surface area contributed by atoms with Crippen molar-refractivity contribution in [3.63, 3.8) is 0 Å². The molecule has 0 aromatic carbocycles. The quantitative estimate of drug-likeness (QED) is 0.639. The topological polar surface area (TPSA) is 89.6 Å². The number of hydrogen-bond donors (Lipinski definition) is 2. The van der Waals surface area contributed by atoms with Crippen LogP contribution in [0.15, 0.2) is 12.1 Å². The second kappa shape index (κ2) is 7.63. The second-order valence-corrected chi connectivity index (χ2v) is 5.68. The van der Waals surface area contributed by atoms with Gasteiger partial charge < -0.3 is 20.1 Å². The summed E-state index contributed by atoms with van der Waals surface area (Å²) in [5, 5.41) is 5.69. The number of rotatable bonds is 5. The predicted molar refractivity (Wildman–Crippen MR) is 83.0 cm³/mol. The number of aryl methyl sites for hydroxylation is 1. The van der Waals surface area contributed by atoms with E-state index in [2.05, 4.69) is 20.4 Å². The highest BCUT2D eigenvalue weighted by Crippen LogP contribution is 2.11. The first-order valence-corrected chi connectivity index (χ1v) is 6.99. The standard InChI is InChI=1S/C15H23N3O4/c1-10-11(13(19)21-5)6-7-12(18-10)16-8-9-17-14(20)22-15(2,3)4/h6-7H,8-9H2,1-5H3,(H,16,18)(H,17,20). The van der Waals surface area contributed by atoms with Gasteiger partial charge in [-0.25, -0.2) is 14.6 Å². The van der Waals surface area contributed by atoms with Gasteiger partial charge in [-0.05, 0) is 39.8 Å². The minimum absolute atomic E-state index is 0.397. The number of nitrogens with one attached hydrogen (secondary N) is 2. The number of pyridine rings is 1. The SMILES string of the molecule is COC(=O)c1ccc(NCCNC(=O)OC(C)(C)C)nc1C. The van der Waals surface area contributed by atoms with Crippen molar-refractivity contribution in [3.8, 4) is 0 Å². The molecule has 22 heavy (non-hydrogen) atoms. The first-order chi connectivity index (χ1) is 10.2. The van der Waals surface area contributed by atoms with E-state index in [1.165, 1.54) is 7.11 Å². The lowest BCUT2D eigenvalue weighted by atomic mass is 10.2. The molecule has 1 heterocycles. The monoisotopic (exact) mass is 309 g/mol. The average Bonchev–Trinajstić information content (AvgIpc) is 2.41. The van der Waals surface area contributed by atoms with E-state index < -0.39 is 17.7 Å². The Balaban J connectivity index is 2.41. The fourth-order valence-corrected chi connectivity index (χ4v) is 1.65. The molecule has 0 spiro atoms. The van der Waals surface area contributed by atoms with Crippen LogP contribution in [0.3, 0.4) is 0 Å². The lowest BCUT2D eigenvalue weighted by Crippen LogP contribution is -2.35. The van der Waals surface area contributed by atoms with E-state index in [1.54, 1.807) is 39.8 Å². The third kappa shape index (κ3) is 5.99. The molecule has 0 aliphatic carbocycles. The number of aromatic nitrogens is 1. The van der Waals surface area contributed by atoms with Gasteiger partial charge in [0.25, 0.3) is 0 Å². The maximum Gasteiger partial charge on any atom is 0.407 e. The summed E-state index contributed by atoms with van der Waals surface area (Å²) in [5.74, 6) is 0.208. The summed E-state index contributed by atoms with van der Waals surface area (Å²) in [7, 11) is 1.33. The molecule has 122 valence electrons. The van der Waals surface area contributed by atoms with Gasteiger partial charge >= 0.3 is 12.1 Å². The molecule has 0 unspecified atom stereocenters. The number of ether oxygens (including phenoxy) is 2. The van der Waals surface area contributed by atoms with Gasteiger partial charge in [-0.3, -0.25) is 0 Å². The van der Waals surface area contributed by atoms with Crippen LogP contribution in [0.25, 0.3) is 0 Å². The first kappa shape index (κ1) is 17.7. The molecule has 0 saturated heterocycles. The van der Waals surface area contributed by atoms with Crippen LogP contribution in [0.4, 0.5) is 10.6 Å². The number of carbonyl (C=O) groups excluding carboxylic acids is 2. The molecule has 0 fully saturated rings. The molecule has 1 aromatic heterocycles. The van der Waals surface area contributed by atoms with E-state index in [9.17, 15) is 9.59 Å². The van der Waals surface area contributed by atoms with E-state index in [0.29, 0.717) is 30.2 Å². The van der Waals surface area contributed by atoms with Crippen LogP contribution in [-0.4, -0.2) is 42.8 Å². The van der Waals surface area contributed by atoms with Crippen LogP contribution in [0.1, 0.15) is 36.8 Å². The molecule has 7 nitrogen and oxygen atoms in total. The van der Waals surface area contributed by atoms with Gasteiger partial charge in [-0.2, -0.15) is 0 Å². The predicted octanol–water partition coefficient (Wildman–Crippen LogP) is 2.11. The van der Waals surface area contributed by atoms with E-state index in [0.717, 1.165) is 0 Å². The highest BCUT2D eigenvalue weighted by Gasteiger charge is 2.15. The Hall–Kier alpha value is -2.31. The van der Waals surface area contributed by atoms with Crippen molar-refractivity contribution in [1.29, 1.82) is 0 Å². The molecule has 0 atom stereocenters. The Morgan fingerprint density at radius 2 is 1.91 bits per heavy atom. The largest absolute Gasteiger partial charge is 0.465 e. The molecule has 1 rings (SSSR count). The van der Waals surface area contributed by atoms with Gasteiger partial charge in [0.15, 0.2) is 0 Å². The zero-order valence-corrected chi connectivity index (χ0v) is 13.6. The highest BCUT2D eigenvalue weighted by molar-refractivity contribution is 5.90. The van der Waals surface area contributed by atoms with Crippen LogP contribution in [0, 0.1) is 6.92 Å². The fourth-order valence-electron chi connectivity index (χ4n) is 1.65. The van der Waals surface area contributed by atoms with E-state index >= 15 is 0 Å². The van der Waals surface area contributed by atoms with Gasteiger partial charge in [0.05, 0.1) is 18.4 Å². The molecule has 0 aliphatic rings. The van der Waals surface area contributed by atoms with Gasteiger partial charge in [-0.15, -0.1) is 0 Å². The maximum atomic E-state index is 11.5. The minimum atomic E-state index is -0.514. The van der Waals surface area contributed by atoms with Crippen molar-refractivity contribution in [2.45, 2.75) is 33.3 Å².